The van der Waals surface area contributed by atoms with Crippen molar-refractivity contribution in [1.29, 1.82) is 5.26 Å². The van der Waals surface area contributed by atoms with Crippen molar-refractivity contribution in [2.24, 2.45) is 0 Å². The maximum Gasteiger partial charge on any atom is 0.312 e. The van der Waals surface area contributed by atoms with Crippen LogP contribution in [0.2, 0.25) is 0 Å². The molecule has 1 N–H and O–H groups in total. The number of hydrogen-bond acceptors (Lipinski definition) is 6. The minimum atomic E-state index is -0.534. The van der Waals surface area contributed by atoms with Crippen molar-refractivity contribution in [3.8, 4) is 6.07 Å². The van der Waals surface area contributed by atoms with Crippen LogP contribution in [0.15, 0.2) is 29.1 Å². The van der Waals surface area contributed by atoms with Gasteiger partial charge in [-0.05, 0) is 35.7 Å². The monoisotopic (exact) mass is 288 g/mol. The largest absolute Gasteiger partial charge is 0.362 e. The molecular weight excluding hydrogens is 276 g/mol. The average Bonchev–Trinajstić information content (AvgIpc) is 2.91. The van der Waals surface area contributed by atoms with E-state index in [1.165, 1.54) is 17.8 Å². The van der Waals surface area contributed by atoms with Crippen molar-refractivity contribution in [1.82, 2.24) is 4.98 Å². The number of hydrogen-bond donors (Lipinski definition) is 1. The quantitative estimate of drug-likeness (QED) is 0.674. The number of rotatable bonds is 5. The fourth-order valence-electron chi connectivity index (χ4n) is 1.81. The summed E-state index contributed by atoms with van der Waals surface area (Å²) >= 11 is 1.61. The van der Waals surface area contributed by atoms with E-state index in [1.807, 2.05) is 29.8 Å². The third kappa shape index (κ3) is 3.30. The topological polar surface area (TPSA) is 91.8 Å². The van der Waals surface area contributed by atoms with Gasteiger partial charge in [0.05, 0.1) is 10.5 Å². The molecule has 0 aromatic carbocycles. The van der Waals surface area contributed by atoms with Gasteiger partial charge >= 0.3 is 5.69 Å². The van der Waals surface area contributed by atoms with Gasteiger partial charge < -0.3 is 5.32 Å². The number of nitriles is 1. The lowest BCUT2D eigenvalue weighted by Gasteiger charge is -2.13. The summed E-state index contributed by atoms with van der Waals surface area (Å²) in [4.78, 5) is 14.4. The fourth-order valence-corrected chi connectivity index (χ4v) is 2.49. The van der Waals surface area contributed by atoms with Crippen molar-refractivity contribution in [3.63, 3.8) is 0 Å². The summed E-state index contributed by atoms with van der Waals surface area (Å²) in [6.07, 6.45) is 2.08. The lowest BCUT2D eigenvalue weighted by Crippen LogP contribution is -2.19. The molecule has 1 unspecified atom stereocenters. The molecule has 0 fully saturated rings. The molecule has 7 heteroatoms. The summed E-state index contributed by atoms with van der Waals surface area (Å²) in [6.45, 7) is 1.93. The summed E-state index contributed by atoms with van der Waals surface area (Å²) in [6, 6.07) is 5.10. The van der Waals surface area contributed by atoms with E-state index >= 15 is 0 Å². The van der Waals surface area contributed by atoms with Crippen LogP contribution in [0.1, 0.15) is 18.1 Å². The molecule has 0 saturated carbocycles. The lowest BCUT2D eigenvalue weighted by molar-refractivity contribution is -0.384. The third-order valence-electron chi connectivity index (χ3n) is 2.70. The Balaban J connectivity index is 2.16. The first-order valence-electron chi connectivity index (χ1n) is 5.92. The maximum absolute atomic E-state index is 11.0. The third-order valence-corrected chi connectivity index (χ3v) is 3.43. The zero-order chi connectivity index (χ0) is 14.5. The fraction of sp³-hybridized carbons (Fsp3) is 0.231. The van der Waals surface area contributed by atoms with Crippen LogP contribution in [0.3, 0.4) is 0 Å². The van der Waals surface area contributed by atoms with E-state index in [9.17, 15) is 10.1 Å². The number of pyridine rings is 1. The van der Waals surface area contributed by atoms with Crippen molar-refractivity contribution in [2.75, 3.05) is 5.32 Å². The highest BCUT2D eigenvalue weighted by Crippen LogP contribution is 2.23. The maximum atomic E-state index is 11.0. The first-order chi connectivity index (χ1) is 9.60. The Morgan fingerprint density at radius 2 is 2.45 bits per heavy atom. The van der Waals surface area contributed by atoms with Gasteiger partial charge in [-0.3, -0.25) is 10.1 Å². The Hall–Kier alpha value is -2.46. The molecule has 0 saturated heterocycles. The Bertz CT molecular complexity index is 649. The van der Waals surface area contributed by atoms with E-state index in [4.69, 9.17) is 5.26 Å². The molecule has 0 aliphatic heterocycles. The highest BCUT2D eigenvalue weighted by molar-refractivity contribution is 7.07. The second-order valence-electron chi connectivity index (χ2n) is 4.34. The highest BCUT2D eigenvalue weighted by Gasteiger charge is 2.18. The van der Waals surface area contributed by atoms with Crippen LogP contribution in [0.4, 0.5) is 11.5 Å². The summed E-state index contributed by atoms with van der Waals surface area (Å²) in [7, 11) is 0. The molecule has 0 bridgehead atoms. The van der Waals surface area contributed by atoms with Crippen LogP contribution >= 0.6 is 11.3 Å². The molecule has 0 spiro atoms. The first kappa shape index (κ1) is 14.0. The number of aromatic nitrogens is 1. The van der Waals surface area contributed by atoms with Gasteiger partial charge in [-0.25, -0.2) is 4.98 Å². The Morgan fingerprint density at radius 3 is 3.05 bits per heavy atom. The molecule has 6 nitrogen and oxygen atoms in total. The van der Waals surface area contributed by atoms with Gasteiger partial charge in [0.15, 0.2) is 0 Å². The van der Waals surface area contributed by atoms with Crippen LogP contribution in [0, 0.1) is 21.4 Å². The molecule has 2 heterocycles. The van der Waals surface area contributed by atoms with Gasteiger partial charge in [0.25, 0.3) is 0 Å². The van der Waals surface area contributed by atoms with Gasteiger partial charge in [0.1, 0.15) is 6.07 Å². The summed E-state index contributed by atoms with van der Waals surface area (Å²) in [5.41, 5.74) is 1.17. The van der Waals surface area contributed by atoms with Crippen molar-refractivity contribution >= 4 is 22.8 Å². The normalized spacial score (nSPS) is 11.6. The molecule has 1 atom stereocenters. The molecule has 102 valence electrons. The van der Waals surface area contributed by atoms with Gasteiger partial charge in [-0.2, -0.15) is 16.6 Å². The molecule has 2 aromatic heterocycles. The predicted molar refractivity (Wildman–Crippen MR) is 76.7 cm³/mol. The molecule has 2 rings (SSSR count). The second-order valence-corrected chi connectivity index (χ2v) is 5.12. The van der Waals surface area contributed by atoms with Gasteiger partial charge in [0.2, 0.25) is 5.82 Å². The van der Waals surface area contributed by atoms with Crippen molar-refractivity contribution < 1.29 is 4.92 Å². The Kier molecular flexibility index (Phi) is 4.27. The van der Waals surface area contributed by atoms with E-state index in [0.717, 1.165) is 6.42 Å². The van der Waals surface area contributed by atoms with E-state index in [1.54, 1.807) is 11.3 Å². The minimum absolute atomic E-state index is 0.00346. The summed E-state index contributed by atoms with van der Waals surface area (Å²) in [5.74, 6) is 0.191. The zero-order valence-electron chi connectivity index (χ0n) is 10.7. The number of nitrogens with one attached hydrogen (secondary N) is 1. The highest BCUT2D eigenvalue weighted by atomic mass is 32.1. The van der Waals surface area contributed by atoms with E-state index < -0.39 is 4.92 Å². The standard InChI is InChI=1S/C13H12N4O2S/c1-9(4-10-2-3-20-8-10)16-13-12(17(18)19)5-11(6-14)7-15-13/h2-3,5,7-9H,4H2,1H3,(H,15,16). The molecule has 0 amide bonds. The predicted octanol–water partition coefficient (Wildman–Crippen LogP) is 2.97. The molecule has 0 aliphatic rings. The van der Waals surface area contributed by atoms with Gasteiger partial charge in [-0.15, -0.1) is 0 Å². The number of thiophene rings is 1. The van der Waals surface area contributed by atoms with E-state index in [-0.39, 0.29) is 23.1 Å². The number of nitro groups is 1. The minimum Gasteiger partial charge on any atom is -0.362 e. The molecular formula is C13H12N4O2S. The average molecular weight is 288 g/mol. The smallest absolute Gasteiger partial charge is 0.312 e. The van der Waals surface area contributed by atoms with Crippen molar-refractivity contribution in [3.05, 3.63) is 50.3 Å². The van der Waals surface area contributed by atoms with E-state index in [0.29, 0.717) is 0 Å². The SMILES string of the molecule is CC(Cc1ccsc1)Nc1ncc(C#N)cc1[N+](=O)[O-]. The second kappa shape index (κ2) is 6.12. The number of nitrogens with zero attached hydrogens (tertiary/aromatic N) is 3. The first-order valence-corrected chi connectivity index (χ1v) is 6.86. The van der Waals surface area contributed by atoms with Gasteiger partial charge in [0, 0.05) is 18.3 Å². The van der Waals surface area contributed by atoms with Crippen LogP contribution in [-0.2, 0) is 6.42 Å². The summed E-state index contributed by atoms with van der Waals surface area (Å²) < 4.78 is 0. The van der Waals surface area contributed by atoms with E-state index in [2.05, 4.69) is 10.3 Å². The van der Waals surface area contributed by atoms with Crippen LogP contribution in [0.25, 0.3) is 0 Å². The van der Waals surface area contributed by atoms with Crippen LogP contribution < -0.4 is 5.32 Å². The lowest BCUT2D eigenvalue weighted by atomic mass is 10.1. The molecule has 0 aliphatic carbocycles. The Labute approximate surface area is 119 Å². The molecule has 0 radical (unpaired) electrons. The number of anilines is 1. The van der Waals surface area contributed by atoms with Gasteiger partial charge in [-0.1, -0.05) is 0 Å². The molecule has 2 aromatic rings. The molecule has 20 heavy (non-hydrogen) atoms. The summed E-state index contributed by atoms with van der Waals surface area (Å²) in [5, 5.41) is 26.8. The zero-order valence-corrected chi connectivity index (χ0v) is 11.6. The van der Waals surface area contributed by atoms with Crippen LogP contribution in [-0.4, -0.2) is 15.9 Å². The van der Waals surface area contributed by atoms with Crippen LogP contribution in [0.5, 0.6) is 0 Å². The Morgan fingerprint density at radius 1 is 1.65 bits per heavy atom. The van der Waals surface area contributed by atoms with Crippen molar-refractivity contribution in [2.45, 2.75) is 19.4 Å².